The van der Waals surface area contributed by atoms with Crippen molar-refractivity contribution in [2.24, 2.45) is 50.7 Å². The summed E-state index contributed by atoms with van der Waals surface area (Å²) < 4.78 is 48.4. The maximum atomic E-state index is 14.8. The molecule has 4 saturated heterocycles. The summed E-state index contributed by atoms with van der Waals surface area (Å²) in [6, 6.07) is 0. The zero-order valence-electron chi connectivity index (χ0n) is 44.4. The van der Waals surface area contributed by atoms with Crippen molar-refractivity contribution in [3.05, 3.63) is 11.6 Å². The number of hydrogen-bond acceptors (Lipinski definition) is 22. The van der Waals surface area contributed by atoms with Gasteiger partial charge >= 0.3 is 5.97 Å². The molecule has 0 unspecified atom stereocenters. The molecule has 0 amide bonds. The van der Waals surface area contributed by atoms with E-state index in [0.29, 0.717) is 38.5 Å². The van der Waals surface area contributed by atoms with E-state index < -0.39 is 170 Å². The molecule has 22 heteroatoms. The van der Waals surface area contributed by atoms with Crippen LogP contribution in [0.3, 0.4) is 0 Å². The number of carbonyl (C=O) groups is 1. The predicted molar refractivity (Wildman–Crippen MR) is 257 cm³/mol. The van der Waals surface area contributed by atoms with Crippen molar-refractivity contribution >= 4 is 5.97 Å². The van der Waals surface area contributed by atoms with E-state index in [9.17, 15) is 71.2 Å². The zero-order chi connectivity index (χ0) is 54.9. The van der Waals surface area contributed by atoms with Gasteiger partial charge in [0.15, 0.2) is 18.9 Å². The van der Waals surface area contributed by atoms with Crippen LogP contribution in [0.4, 0.5) is 0 Å². The standard InChI is InChI=1S/C53H86O22/c1-22-31-24-9-10-29-49(5)13-12-30(72-45-41(33(58)25(56)21-68-45)74-46-42(38(63)35(60)27(20-55)71-46)73-43-39(64)36(61)32(57)23(2)69-43)48(3,4)28(49)11-14-51(29,7)50(24,6)15-17-53(31,18-16-52(22,8)67)47(66)75-44-40(65)37(62)34(59)26(19-54)70-44/h9,22-23,25-46,54-65,67H,10-21H2,1-8H3/t22-,23+,25-,26-,27-,28+,29-,30+,31+,32+,33+,34-,35-,36-,37+,38+,39-,40-,41-,42-,43+,44+,45+,46+,49+,50-,51-,52+,53-/m1/s1. The highest BCUT2D eigenvalue weighted by Crippen LogP contribution is 2.76. The summed E-state index contributed by atoms with van der Waals surface area (Å²) in [6.07, 6.45) is -22.7. The molecule has 22 nitrogen and oxygen atoms in total. The topological polar surface area (TPSA) is 354 Å². The van der Waals surface area contributed by atoms with Crippen LogP contribution in [-0.4, -0.2) is 221 Å². The van der Waals surface area contributed by atoms with Gasteiger partial charge in [0.1, 0.15) is 85.5 Å². The number of hydrogen-bond donors (Lipinski definition) is 13. The molecule has 0 radical (unpaired) electrons. The molecule has 5 aliphatic carbocycles. The van der Waals surface area contributed by atoms with E-state index in [-0.39, 0.29) is 35.2 Å². The molecular formula is C53H86O22. The zero-order valence-corrected chi connectivity index (χ0v) is 44.4. The normalized spacial score (nSPS) is 55.8. The minimum absolute atomic E-state index is 0.101. The van der Waals surface area contributed by atoms with Crippen molar-refractivity contribution in [2.75, 3.05) is 19.8 Å². The molecule has 8 fully saturated rings. The number of fused-ring (bicyclic) bond motifs is 7. The summed E-state index contributed by atoms with van der Waals surface area (Å²) in [7, 11) is 0. The van der Waals surface area contributed by atoms with Crippen LogP contribution in [0.5, 0.6) is 0 Å². The summed E-state index contributed by atoms with van der Waals surface area (Å²) >= 11 is 0. The van der Waals surface area contributed by atoms with Gasteiger partial charge in [0.05, 0.1) is 43.0 Å². The summed E-state index contributed by atoms with van der Waals surface area (Å²) in [6.45, 7) is 14.9. The fraction of sp³-hybridized carbons (Fsp3) is 0.943. The van der Waals surface area contributed by atoms with Gasteiger partial charge in [-0.2, -0.15) is 0 Å². The fourth-order valence-corrected chi connectivity index (χ4v) is 16.3. The molecule has 4 aliphatic heterocycles. The first-order chi connectivity index (χ1) is 35.0. The Morgan fingerprint density at radius 3 is 1.87 bits per heavy atom. The fourth-order valence-electron chi connectivity index (χ4n) is 16.3. The second-order valence-electron chi connectivity index (χ2n) is 25.5. The van der Waals surface area contributed by atoms with Crippen molar-refractivity contribution in [1.82, 2.24) is 0 Å². The monoisotopic (exact) mass is 1070 g/mol. The first-order valence-corrected chi connectivity index (χ1v) is 27.2. The van der Waals surface area contributed by atoms with E-state index in [4.69, 9.17) is 37.9 Å². The van der Waals surface area contributed by atoms with Gasteiger partial charge in [0.25, 0.3) is 0 Å². The second kappa shape index (κ2) is 20.7. The summed E-state index contributed by atoms with van der Waals surface area (Å²) in [4.78, 5) is 14.8. The van der Waals surface area contributed by atoms with Gasteiger partial charge in [0.2, 0.25) is 6.29 Å². The highest BCUT2D eigenvalue weighted by Gasteiger charge is 2.71. The molecule has 0 aromatic heterocycles. The van der Waals surface area contributed by atoms with Crippen LogP contribution in [0.15, 0.2) is 11.6 Å². The number of rotatable bonds is 10. The number of allylic oxidation sites excluding steroid dienone is 2. The Balaban J connectivity index is 0.956. The Bertz CT molecular complexity index is 2080. The third-order valence-corrected chi connectivity index (χ3v) is 21.4. The molecule has 0 spiro atoms. The summed E-state index contributed by atoms with van der Waals surface area (Å²) in [5.74, 6) is -1.16. The Morgan fingerprint density at radius 1 is 0.613 bits per heavy atom. The lowest BCUT2D eigenvalue weighted by Crippen LogP contribution is -2.67. The van der Waals surface area contributed by atoms with E-state index in [1.165, 1.54) is 6.92 Å². The van der Waals surface area contributed by atoms with Crippen molar-refractivity contribution in [1.29, 1.82) is 0 Å². The van der Waals surface area contributed by atoms with Crippen molar-refractivity contribution in [2.45, 2.75) is 242 Å². The highest BCUT2D eigenvalue weighted by molar-refractivity contribution is 5.79. The molecule has 75 heavy (non-hydrogen) atoms. The van der Waals surface area contributed by atoms with Gasteiger partial charge in [-0.1, -0.05) is 53.2 Å². The number of aliphatic hydroxyl groups is 13. The maximum Gasteiger partial charge on any atom is 0.315 e. The van der Waals surface area contributed by atoms with Gasteiger partial charge in [-0.05, 0) is 111 Å². The first-order valence-electron chi connectivity index (χ1n) is 27.2. The van der Waals surface area contributed by atoms with Crippen molar-refractivity contribution in [3.8, 4) is 0 Å². The SMILES string of the molecule is C[C@@H]1O[C@@H](O[C@H]2[C@H](O[C@H]3[C@H](O[C@H]4CC[C@]5(C)[C@H]6CC=C7[C@@H]8[C@@H](C)[C@@](C)(O)CC[C@]8(C(=O)O[C@@H]8O[C@H](CO)[C@@H](O)[C@H](O)[C@H]8O)CC[C@@]7(C)[C@]6(C)CC[C@H]5C4(C)C)OC[C@@H](O)[C@@H]3O)O[C@H](CO)[C@@H](O)[C@@H]2O)[C@H](O)[C@H](O)[C@H]1O. The number of carbonyl (C=O) groups excluding carboxylic acids is 1. The van der Waals surface area contributed by atoms with E-state index in [0.717, 1.165) is 24.8 Å². The Hall–Kier alpha value is -1.59. The van der Waals surface area contributed by atoms with Crippen LogP contribution < -0.4 is 0 Å². The molecular weight excluding hydrogens is 989 g/mol. The van der Waals surface area contributed by atoms with Crippen LogP contribution in [0.2, 0.25) is 0 Å². The van der Waals surface area contributed by atoms with Gasteiger partial charge in [0, 0.05) is 5.92 Å². The molecule has 9 rings (SSSR count). The van der Waals surface area contributed by atoms with E-state index >= 15 is 0 Å². The largest absolute Gasteiger partial charge is 0.432 e. The lowest BCUT2D eigenvalue weighted by molar-refractivity contribution is -0.392. The summed E-state index contributed by atoms with van der Waals surface area (Å²) in [5, 5.41) is 140. The van der Waals surface area contributed by atoms with E-state index in [2.05, 4.69) is 40.7 Å². The number of aliphatic hydroxyl groups excluding tert-OH is 12. The number of ether oxygens (including phenoxy) is 8. The lowest BCUT2D eigenvalue weighted by Gasteiger charge is -2.71. The smallest absolute Gasteiger partial charge is 0.315 e. The average molecular weight is 1080 g/mol. The first kappa shape index (κ1) is 58.1. The molecule has 430 valence electrons. The van der Waals surface area contributed by atoms with E-state index in [1.54, 1.807) is 0 Å². The van der Waals surface area contributed by atoms with Gasteiger partial charge in [-0.3, -0.25) is 4.79 Å². The summed E-state index contributed by atoms with van der Waals surface area (Å²) in [5.41, 5.74) is -2.55. The van der Waals surface area contributed by atoms with Gasteiger partial charge in [-0.25, -0.2) is 0 Å². The number of esters is 1. The van der Waals surface area contributed by atoms with Crippen molar-refractivity contribution in [3.63, 3.8) is 0 Å². The maximum absolute atomic E-state index is 14.8. The lowest BCUT2D eigenvalue weighted by atomic mass is 9.33. The van der Waals surface area contributed by atoms with Gasteiger partial charge in [-0.15, -0.1) is 0 Å². The van der Waals surface area contributed by atoms with Crippen molar-refractivity contribution < 1.29 is 109 Å². The van der Waals surface area contributed by atoms with Crippen LogP contribution in [0, 0.1) is 50.7 Å². The molecule has 13 N–H and O–H groups in total. The molecule has 0 bridgehead atoms. The third-order valence-electron chi connectivity index (χ3n) is 21.4. The molecule has 0 aromatic rings. The van der Waals surface area contributed by atoms with Crippen LogP contribution in [-0.2, 0) is 42.7 Å². The Kier molecular flexibility index (Phi) is 16.1. The minimum Gasteiger partial charge on any atom is -0.432 e. The van der Waals surface area contributed by atoms with Crippen LogP contribution in [0.1, 0.15) is 113 Å². The second-order valence-corrected chi connectivity index (χ2v) is 25.5. The molecule has 29 atom stereocenters. The Morgan fingerprint density at radius 2 is 1.20 bits per heavy atom. The predicted octanol–water partition coefficient (Wildman–Crippen LogP) is -1.40. The van der Waals surface area contributed by atoms with E-state index in [1.807, 2.05) is 13.8 Å². The third kappa shape index (κ3) is 9.21. The molecule has 4 heterocycles. The Labute approximate surface area is 437 Å². The molecule has 9 aliphatic rings. The average Bonchev–Trinajstić information content (AvgIpc) is 3.36. The van der Waals surface area contributed by atoms with Crippen LogP contribution >= 0.6 is 0 Å². The minimum atomic E-state index is -1.83. The quantitative estimate of drug-likeness (QED) is 0.0680. The van der Waals surface area contributed by atoms with Gasteiger partial charge < -0.3 is 104 Å². The highest BCUT2D eigenvalue weighted by atomic mass is 16.8. The van der Waals surface area contributed by atoms with Crippen LogP contribution in [0.25, 0.3) is 0 Å². The molecule has 0 aromatic carbocycles. The molecule has 4 saturated carbocycles.